The first-order chi connectivity index (χ1) is 17.5. The molecule has 0 spiro atoms. The maximum Gasteiger partial charge on any atom is 0.333 e. The van der Waals surface area contributed by atoms with Crippen LogP contribution in [0.4, 0.5) is 16.2 Å². The number of carbonyl (C=O) groups excluding carboxylic acids is 1. The van der Waals surface area contributed by atoms with E-state index in [1.165, 1.54) is 42.5 Å². The number of urea groups is 1. The van der Waals surface area contributed by atoms with E-state index >= 15 is 0 Å². The average Bonchev–Trinajstić information content (AvgIpc) is 3.27. The molecule has 2 aromatic heterocycles. The maximum atomic E-state index is 12.8. The number of anilines is 2. The highest BCUT2D eigenvalue weighted by Crippen LogP contribution is 2.28. The third kappa shape index (κ3) is 6.23. The van der Waals surface area contributed by atoms with Crippen molar-refractivity contribution in [3.05, 3.63) is 75.4 Å². The summed E-state index contributed by atoms with van der Waals surface area (Å²) >= 11 is 6.59. The molecule has 0 aliphatic rings. The van der Waals surface area contributed by atoms with Gasteiger partial charge in [-0.3, -0.25) is 4.79 Å². The molecule has 0 saturated carbocycles. The third-order valence-corrected chi connectivity index (χ3v) is 8.37. The fourth-order valence-corrected chi connectivity index (χ4v) is 5.95. The number of amides is 2. The highest BCUT2D eigenvalue weighted by atomic mass is 35.5. The van der Waals surface area contributed by atoms with Crippen LogP contribution in [0.15, 0.2) is 69.7 Å². The number of carbonyl (C=O) groups is 1. The second-order valence-electron chi connectivity index (χ2n) is 8.34. The number of benzene rings is 2. The third-order valence-electron chi connectivity index (χ3n) is 5.32. The molecule has 4 rings (SSSR count). The normalized spacial score (nSPS) is 11.6. The van der Waals surface area contributed by atoms with Gasteiger partial charge in [0.2, 0.25) is 5.88 Å². The number of aromatic hydroxyl groups is 1. The lowest BCUT2D eigenvalue weighted by atomic mass is 10.1. The van der Waals surface area contributed by atoms with Crippen LogP contribution >= 0.6 is 22.9 Å². The van der Waals surface area contributed by atoms with Gasteiger partial charge in [-0.15, -0.1) is 11.3 Å². The molecule has 37 heavy (non-hydrogen) atoms. The molecule has 0 unspecified atom stereocenters. The van der Waals surface area contributed by atoms with Crippen molar-refractivity contribution in [2.24, 2.45) is 0 Å². The fraction of sp³-hybridized carbons (Fsp3) is 0.167. The van der Waals surface area contributed by atoms with E-state index in [1.54, 1.807) is 12.1 Å². The Kier molecular flexibility index (Phi) is 7.73. The van der Waals surface area contributed by atoms with E-state index < -0.39 is 21.6 Å². The number of rotatable bonds is 8. The van der Waals surface area contributed by atoms with E-state index in [0.29, 0.717) is 16.5 Å². The van der Waals surface area contributed by atoms with Crippen LogP contribution in [0.25, 0.3) is 16.5 Å². The zero-order chi connectivity index (χ0) is 26.7. The van der Waals surface area contributed by atoms with Crippen LogP contribution in [0.5, 0.6) is 5.88 Å². The lowest BCUT2D eigenvalue weighted by Crippen LogP contribution is -2.33. The Morgan fingerprint density at radius 1 is 1.05 bits per heavy atom. The van der Waals surface area contributed by atoms with Crippen molar-refractivity contribution in [3.63, 3.8) is 0 Å². The highest BCUT2D eigenvalue weighted by molar-refractivity contribution is 7.92. The number of likely N-dealkylation sites (N-methyl/N-ethyl adjacent to an activating group) is 1. The van der Waals surface area contributed by atoms with E-state index in [0.717, 1.165) is 34.7 Å². The summed E-state index contributed by atoms with van der Waals surface area (Å²) in [4.78, 5) is 27.1. The largest absolute Gasteiger partial charge is 0.494 e. The van der Waals surface area contributed by atoms with Gasteiger partial charge in [0.1, 0.15) is 4.21 Å². The van der Waals surface area contributed by atoms with Crippen molar-refractivity contribution in [1.29, 1.82) is 0 Å². The van der Waals surface area contributed by atoms with Crippen LogP contribution in [0.3, 0.4) is 0 Å². The van der Waals surface area contributed by atoms with E-state index in [-0.39, 0.29) is 20.1 Å². The molecule has 0 aliphatic carbocycles. The summed E-state index contributed by atoms with van der Waals surface area (Å²) in [6.45, 7) is 1.57. The fourth-order valence-electron chi connectivity index (χ4n) is 3.56. The van der Waals surface area contributed by atoms with Gasteiger partial charge in [-0.25, -0.2) is 22.5 Å². The molecule has 0 fully saturated rings. The Labute approximate surface area is 222 Å². The predicted octanol–water partition coefficient (Wildman–Crippen LogP) is 3.90. The molecule has 2 amide bonds. The molecule has 0 radical (unpaired) electrons. The molecule has 4 aromatic rings. The molecule has 2 aromatic carbocycles. The minimum absolute atomic E-state index is 0.0920. The van der Waals surface area contributed by atoms with Crippen molar-refractivity contribution in [2.75, 3.05) is 37.8 Å². The number of pyridine rings is 1. The minimum atomic E-state index is -4.07. The Balaban J connectivity index is 1.50. The van der Waals surface area contributed by atoms with Gasteiger partial charge in [-0.05, 0) is 74.1 Å². The van der Waals surface area contributed by atoms with E-state index in [1.807, 2.05) is 24.9 Å². The van der Waals surface area contributed by atoms with Crippen molar-refractivity contribution in [1.82, 2.24) is 14.2 Å². The smallest absolute Gasteiger partial charge is 0.333 e. The molecular formula is C24H24ClN5O5S2. The van der Waals surface area contributed by atoms with Crippen molar-refractivity contribution in [3.8, 4) is 11.6 Å². The highest BCUT2D eigenvalue weighted by Gasteiger charge is 2.20. The lowest BCUT2D eigenvalue weighted by molar-refractivity contribution is 0.256. The number of halogens is 1. The molecule has 0 aliphatic heterocycles. The minimum Gasteiger partial charge on any atom is -0.494 e. The van der Waals surface area contributed by atoms with E-state index in [4.69, 9.17) is 11.6 Å². The molecule has 194 valence electrons. The Morgan fingerprint density at radius 3 is 2.41 bits per heavy atom. The number of thiophene rings is 1. The Morgan fingerprint density at radius 2 is 1.76 bits per heavy atom. The number of sulfonamides is 1. The quantitative estimate of drug-likeness (QED) is 0.256. The standard InChI is InChI=1S/C24H24ClN5O5S2/c1-29(2)12-11-26-17-5-8-19-15(13-17)14-21(31)30(23(19)32)18-6-3-16(4-7-18)27-24(33)28-37(34,35)22-10-9-20(25)36-22/h3-10,13-14,26,32H,11-12H2,1-2H3,(H2,27,28,33). The zero-order valence-corrected chi connectivity index (χ0v) is 22.2. The van der Waals surface area contributed by atoms with E-state index in [9.17, 15) is 23.1 Å². The summed E-state index contributed by atoms with van der Waals surface area (Å²) in [5.74, 6) is -0.221. The van der Waals surface area contributed by atoms with Gasteiger partial charge in [0, 0.05) is 35.9 Å². The number of nitrogens with one attached hydrogen (secondary N) is 3. The topological polar surface area (TPSA) is 133 Å². The zero-order valence-electron chi connectivity index (χ0n) is 19.9. The van der Waals surface area contributed by atoms with Gasteiger partial charge in [0.25, 0.3) is 15.6 Å². The Bertz CT molecular complexity index is 1620. The van der Waals surface area contributed by atoms with Crippen LogP contribution in [0.1, 0.15) is 0 Å². The van der Waals surface area contributed by atoms with Crippen LogP contribution in [-0.2, 0) is 10.0 Å². The van der Waals surface area contributed by atoms with Gasteiger partial charge >= 0.3 is 6.03 Å². The van der Waals surface area contributed by atoms with Crippen molar-refractivity contribution in [2.45, 2.75) is 4.21 Å². The summed E-state index contributed by atoms with van der Waals surface area (Å²) in [5, 5.41) is 17.7. The SMILES string of the molecule is CN(C)CCNc1ccc2c(O)n(-c3ccc(NC(=O)NS(=O)(=O)c4ccc(Cl)s4)cc3)c(=O)cc2c1. The molecule has 0 bridgehead atoms. The Hall–Kier alpha value is -3.58. The van der Waals surface area contributed by atoms with Gasteiger partial charge in [-0.1, -0.05) is 11.6 Å². The summed E-state index contributed by atoms with van der Waals surface area (Å²) in [5.41, 5.74) is 1.05. The summed E-state index contributed by atoms with van der Waals surface area (Å²) in [7, 11) is -0.108. The first kappa shape index (κ1) is 26.5. The van der Waals surface area contributed by atoms with Gasteiger partial charge in [-0.2, -0.15) is 0 Å². The molecule has 0 saturated heterocycles. The number of aromatic nitrogens is 1. The van der Waals surface area contributed by atoms with Crippen LogP contribution < -0.4 is 20.9 Å². The van der Waals surface area contributed by atoms with Crippen LogP contribution in [0.2, 0.25) is 4.34 Å². The monoisotopic (exact) mass is 561 g/mol. The molecule has 2 heterocycles. The first-order valence-corrected chi connectivity index (χ1v) is 13.7. The molecule has 0 atom stereocenters. The number of hydrogen-bond donors (Lipinski definition) is 4. The second kappa shape index (κ2) is 10.8. The van der Waals surface area contributed by atoms with E-state index in [2.05, 4.69) is 15.5 Å². The molecular weight excluding hydrogens is 538 g/mol. The predicted molar refractivity (Wildman–Crippen MR) is 147 cm³/mol. The second-order valence-corrected chi connectivity index (χ2v) is 12.0. The first-order valence-electron chi connectivity index (χ1n) is 11.0. The number of hydrogen-bond acceptors (Lipinski definition) is 8. The van der Waals surface area contributed by atoms with Gasteiger partial charge in [0.05, 0.1) is 10.0 Å². The lowest BCUT2D eigenvalue weighted by Gasteiger charge is -2.14. The molecule has 13 heteroatoms. The molecule has 4 N–H and O–H groups in total. The summed E-state index contributed by atoms with van der Waals surface area (Å²) in [6.07, 6.45) is 0. The van der Waals surface area contributed by atoms with Gasteiger partial charge in [0.15, 0.2) is 0 Å². The number of fused-ring (bicyclic) bond motifs is 1. The van der Waals surface area contributed by atoms with Crippen molar-refractivity contribution < 1.29 is 18.3 Å². The average molecular weight is 562 g/mol. The number of nitrogens with zero attached hydrogens (tertiary/aromatic N) is 2. The summed E-state index contributed by atoms with van der Waals surface area (Å²) in [6, 6.07) is 14.6. The van der Waals surface area contributed by atoms with Gasteiger partial charge < -0.3 is 20.6 Å². The molecule has 10 nitrogen and oxygen atoms in total. The maximum absolute atomic E-state index is 12.8. The van der Waals surface area contributed by atoms with Crippen LogP contribution in [0, 0.1) is 0 Å². The summed E-state index contributed by atoms with van der Waals surface area (Å²) < 4.78 is 27.8. The van der Waals surface area contributed by atoms with Crippen molar-refractivity contribution >= 4 is 61.1 Å². The van der Waals surface area contributed by atoms with Crippen LogP contribution in [-0.4, -0.2) is 56.2 Å².